The molecular weight excluding hydrogens is 381 g/mol. The van der Waals surface area contributed by atoms with E-state index in [4.69, 9.17) is 10.5 Å². The number of nitrogens with two attached hydrogens (primary N) is 1. The van der Waals surface area contributed by atoms with Gasteiger partial charge in [-0.2, -0.15) is 0 Å². The third kappa shape index (κ3) is 5.22. The molecule has 7 heteroatoms. The van der Waals surface area contributed by atoms with Gasteiger partial charge in [0.1, 0.15) is 11.5 Å². The molecule has 0 amide bonds. The lowest BCUT2D eigenvalue weighted by Crippen LogP contribution is -2.45. The predicted octanol–water partition coefficient (Wildman–Crippen LogP) is 4.79. The van der Waals surface area contributed by atoms with Crippen LogP contribution in [0, 0.1) is 0 Å². The summed E-state index contributed by atoms with van der Waals surface area (Å²) < 4.78 is 48.2. The summed E-state index contributed by atoms with van der Waals surface area (Å²) in [6.07, 6.45) is -0.767. The number of halogens is 3. The molecule has 2 N–H and O–H groups in total. The average Bonchev–Trinajstić information content (AvgIpc) is 3.48. The number of nitrogens with zero attached hydrogens (tertiary/aromatic N) is 1. The number of hydrogen-bond acceptors (Lipinski definition) is 4. The molecule has 1 saturated heterocycles. The number of benzene rings is 2. The highest BCUT2D eigenvalue weighted by atomic mass is 19.4. The molecule has 4 rings (SSSR count). The Kier molecular flexibility index (Phi) is 5.69. The molecule has 2 aromatic rings. The van der Waals surface area contributed by atoms with Crippen LogP contribution in [-0.2, 0) is 6.54 Å². The maximum Gasteiger partial charge on any atom is 0.573 e. The van der Waals surface area contributed by atoms with Gasteiger partial charge in [0.15, 0.2) is 0 Å². The number of likely N-dealkylation sites (tertiary alicyclic amines) is 1. The van der Waals surface area contributed by atoms with Crippen LogP contribution in [-0.4, -0.2) is 30.0 Å². The van der Waals surface area contributed by atoms with E-state index in [-0.39, 0.29) is 23.9 Å². The van der Waals surface area contributed by atoms with Crippen LogP contribution in [0.3, 0.4) is 0 Å². The van der Waals surface area contributed by atoms with E-state index < -0.39 is 6.36 Å². The van der Waals surface area contributed by atoms with Gasteiger partial charge < -0.3 is 15.2 Å². The summed E-state index contributed by atoms with van der Waals surface area (Å²) in [4.78, 5) is 2.23. The van der Waals surface area contributed by atoms with E-state index in [0.717, 1.165) is 37.8 Å². The lowest BCUT2D eigenvalue weighted by atomic mass is 9.90. The number of piperidine rings is 1. The minimum Gasteiger partial charge on any atom is -0.490 e. The van der Waals surface area contributed by atoms with Crippen LogP contribution in [0.4, 0.5) is 13.2 Å². The standard InChI is InChI=1S/C22H25F3N2O2/c23-22(24,25)29-18-10-11-20(28-17-8-9-17)16(13-18)14-27-12-4-7-19(26)21(27)15-5-2-1-3-6-15/h1-3,5-6,10-11,13,17,19,21H,4,7-9,12,14,26H2. The van der Waals surface area contributed by atoms with E-state index in [2.05, 4.69) is 9.64 Å². The van der Waals surface area contributed by atoms with Crippen molar-refractivity contribution in [2.75, 3.05) is 6.54 Å². The Hall–Kier alpha value is -2.25. The minimum atomic E-state index is -4.73. The van der Waals surface area contributed by atoms with Crippen LogP contribution in [0.1, 0.15) is 42.9 Å². The van der Waals surface area contributed by atoms with Crippen LogP contribution in [0.25, 0.3) is 0 Å². The van der Waals surface area contributed by atoms with Gasteiger partial charge >= 0.3 is 6.36 Å². The third-order valence-corrected chi connectivity index (χ3v) is 5.38. The predicted molar refractivity (Wildman–Crippen MR) is 104 cm³/mol. The Labute approximate surface area is 168 Å². The zero-order valence-corrected chi connectivity index (χ0v) is 16.1. The third-order valence-electron chi connectivity index (χ3n) is 5.38. The summed E-state index contributed by atoms with van der Waals surface area (Å²) in [5.74, 6) is 0.390. The molecule has 0 radical (unpaired) electrons. The van der Waals surface area contributed by atoms with Gasteiger partial charge in [-0.25, -0.2) is 0 Å². The molecule has 4 nitrogen and oxygen atoms in total. The largest absolute Gasteiger partial charge is 0.573 e. The first-order valence-electron chi connectivity index (χ1n) is 9.99. The lowest BCUT2D eigenvalue weighted by Gasteiger charge is -2.40. The molecule has 0 aromatic heterocycles. The van der Waals surface area contributed by atoms with Crippen molar-refractivity contribution in [3.05, 3.63) is 59.7 Å². The van der Waals surface area contributed by atoms with Crippen LogP contribution in [0.15, 0.2) is 48.5 Å². The Balaban J connectivity index is 1.62. The molecule has 1 heterocycles. The molecule has 1 saturated carbocycles. The first-order valence-corrected chi connectivity index (χ1v) is 9.99. The molecular formula is C22H25F3N2O2. The molecule has 29 heavy (non-hydrogen) atoms. The van der Waals surface area contributed by atoms with E-state index in [0.29, 0.717) is 17.9 Å². The van der Waals surface area contributed by atoms with Gasteiger partial charge in [0, 0.05) is 18.2 Å². The molecule has 2 fully saturated rings. The summed E-state index contributed by atoms with van der Waals surface area (Å²) in [5, 5.41) is 0. The van der Waals surface area contributed by atoms with Crippen LogP contribution in [0.5, 0.6) is 11.5 Å². The molecule has 1 aliphatic heterocycles. The summed E-state index contributed by atoms with van der Waals surface area (Å²) in [5.41, 5.74) is 8.26. The number of ether oxygens (including phenoxy) is 2. The van der Waals surface area contributed by atoms with Crippen molar-refractivity contribution in [2.45, 2.75) is 56.8 Å². The SMILES string of the molecule is NC1CCCN(Cc2cc(OC(F)(F)F)ccc2OC2CC2)C1c1ccccc1. The van der Waals surface area contributed by atoms with Crippen LogP contribution in [0.2, 0.25) is 0 Å². The summed E-state index contributed by atoms with van der Waals surface area (Å²) in [7, 11) is 0. The van der Waals surface area contributed by atoms with Crippen molar-refractivity contribution in [1.82, 2.24) is 4.90 Å². The molecule has 156 valence electrons. The summed E-state index contributed by atoms with van der Waals surface area (Å²) >= 11 is 0. The maximum atomic E-state index is 12.7. The zero-order chi connectivity index (χ0) is 20.4. The van der Waals surface area contributed by atoms with Crippen molar-refractivity contribution in [2.24, 2.45) is 5.73 Å². The Bertz CT molecular complexity index is 825. The van der Waals surface area contributed by atoms with Gasteiger partial charge in [0.2, 0.25) is 0 Å². The van der Waals surface area contributed by atoms with E-state index in [9.17, 15) is 13.2 Å². The Morgan fingerprint density at radius 3 is 2.48 bits per heavy atom. The van der Waals surface area contributed by atoms with Crippen molar-refractivity contribution in [3.8, 4) is 11.5 Å². The molecule has 0 spiro atoms. The van der Waals surface area contributed by atoms with Crippen molar-refractivity contribution < 1.29 is 22.6 Å². The van der Waals surface area contributed by atoms with Gasteiger partial charge in [0.05, 0.1) is 12.1 Å². The van der Waals surface area contributed by atoms with Gasteiger partial charge in [-0.15, -0.1) is 13.2 Å². The van der Waals surface area contributed by atoms with Gasteiger partial charge in [-0.1, -0.05) is 30.3 Å². The molecule has 2 aliphatic rings. The fourth-order valence-electron chi connectivity index (χ4n) is 3.96. The molecule has 2 atom stereocenters. The maximum absolute atomic E-state index is 12.7. The Morgan fingerprint density at radius 1 is 1.03 bits per heavy atom. The first kappa shape index (κ1) is 20.0. The first-order chi connectivity index (χ1) is 13.9. The average molecular weight is 406 g/mol. The second-order valence-electron chi connectivity index (χ2n) is 7.77. The molecule has 2 aromatic carbocycles. The van der Waals surface area contributed by atoms with Crippen LogP contribution < -0.4 is 15.2 Å². The van der Waals surface area contributed by atoms with E-state index >= 15 is 0 Å². The second kappa shape index (κ2) is 8.24. The lowest BCUT2D eigenvalue weighted by molar-refractivity contribution is -0.274. The fraction of sp³-hybridized carbons (Fsp3) is 0.455. The van der Waals surface area contributed by atoms with Gasteiger partial charge in [-0.05, 0) is 56.0 Å². The zero-order valence-electron chi connectivity index (χ0n) is 16.1. The fourth-order valence-corrected chi connectivity index (χ4v) is 3.96. The molecule has 0 bridgehead atoms. The van der Waals surface area contributed by atoms with Crippen molar-refractivity contribution >= 4 is 0 Å². The highest BCUT2D eigenvalue weighted by Gasteiger charge is 2.34. The van der Waals surface area contributed by atoms with Gasteiger partial charge in [-0.3, -0.25) is 4.90 Å². The highest BCUT2D eigenvalue weighted by molar-refractivity contribution is 5.41. The monoisotopic (exact) mass is 406 g/mol. The van der Waals surface area contributed by atoms with E-state index in [1.807, 2.05) is 30.3 Å². The van der Waals surface area contributed by atoms with Crippen molar-refractivity contribution in [3.63, 3.8) is 0 Å². The quantitative estimate of drug-likeness (QED) is 0.749. The molecule has 1 aliphatic carbocycles. The van der Waals surface area contributed by atoms with E-state index in [1.165, 1.54) is 12.1 Å². The summed E-state index contributed by atoms with van der Waals surface area (Å²) in [6, 6.07) is 14.3. The van der Waals surface area contributed by atoms with Crippen molar-refractivity contribution in [1.29, 1.82) is 0 Å². The topological polar surface area (TPSA) is 47.7 Å². The summed E-state index contributed by atoms with van der Waals surface area (Å²) in [6.45, 7) is 1.27. The highest BCUT2D eigenvalue weighted by Crippen LogP contribution is 2.37. The van der Waals surface area contributed by atoms with E-state index in [1.54, 1.807) is 6.07 Å². The second-order valence-corrected chi connectivity index (χ2v) is 7.77. The Morgan fingerprint density at radius 2 is 1.79 bits per heavy atom. The number of hydrogen-bond donors (Lipinski definition) is 1. The smallest absolute Gasteiger partial charge is 0.490 e. The minimum absolute atomic E-state index is 0.00548. The van der Waals surface area contributed by atoms with Gasteiger partial charge in [0.25, 0.3) is 0 Å². The normalized spacial score (nSPS) is 23.0. The van der Waals surface area contributed by atoms with Crippen LogP contribution >= 0.6 is 0 Å². The number of rotatable bonds is 6. The number of alkyl halides is 3. The molecule has 2 unspecified atom stereocenters.